The molecular formula is C15H16N6O. The third-order valence-corrected chi connectivity index (χ3v) is 3.46. The fourth-order valence-electron chi connectivity index (χ4n) is 2.25. The van der Waals surface area contributed by atoms with Crippen molar-refractivity contribution < 1.29 is 4.79 Å². The van der Waals surface area contributed by atoms with E-state index in [0.717, 1.165) is 17.7 Å². The molecule has 112 valence electrons. The van der Waals surface area contributed by atoms with E-state index < -0.39 is 0 Å². The van der Waals surface area contributed by atoms with Crippen LogP contribution in [0.1, 0.15) is 41.0 Å². The van der Waals surface area contributed by atoms with Crippen LogP contribution in [0.15, 0.2) is 36.7 Å². The Bertz CT molecular complexity index is 812. The Morgan fingerprint density at radius 2 is 2.23 bits per heavy atom. The zero-order valence-electron chi connectivity index (χ0n) is 12.4. The van der Waals surface area contributed by atoms with E-state index in [2.05, 4.69) is 25.8 Å². The summed E-state index contributed by atoms with van der Waals surface area (Å²) < 4.78 is 1.47. The molecule has 0 aliphatic carbocycles. The van der Waals surface area contributed by atoms with Crippen LogP contribution in [0.3, 0.4) is 0 Å². The number of rotatable bonds is 4. The van der Waals surface area contributed by atoms with Gasteiger partial charge in [0.05, 0.1) is 17.3 Å². The van der Waals surface area contributed by atoms with Gasteiger partial charge in [-0.2, -0.15) is 4.52 Å². The fourth-order valence-corrected chi connectivity index (χ4v) is 2.25. The molecule has 3 heterocycles. The average molecular weight is 296 g/mol. The molecule has 7 heteroatoms. The van der Waals surface area contributed by atoms with Gasteiger partial charge in [0.15, 0.2) is 5.65 Å². The highest BCUT2D eigenvalue weighted by Gasteiger charge is 2.16. The van der Waals surface area contributed by atoms with Gasteiger partial charge in [0, 0.05) is 12.4 Å². The van der Waals surface area contributed by atoms with Gasteiger partial charge in [0.1, 0.15) is 0 Å². The molecule has 3 rings (SSSR count). The van der Waals surface area contributed by atoms with Gasteiger partial charge in [-0.15, -0.1) is 5.10 Å². The number of hydrogen-bond acceptors (Lipinski definition) is 5. The maximum Gasteiger partial charge on any atom is 0.253 e. The number of fused-ring (bicyclic) bond motifs is 1. The summed E-state index contributed by atoms with van der Waals surface area (Å²) in [5, 5.41) is 14.2. The lowest BCUT2D eigenvalue weighted by molar-refractivity contribution is 0.0934. The predicted octanol–water partition coefficient (Wildman–Crippen LogP) is 1.71. The van der Waals surface area contributed by atoms with Gasteiger partial charge in [-0.1, -0.05) is 6.92 Å². The fraction of sp³-hybridized carbons (Fsp3) is 0.267. The molecule has 1 N–H and O–H groups in total. The number of aromatic nitrogens is 5. The first-order chi connectivity index (χ1) is 10.7. The zero-order valence-corrected chi connectivity index (χ0v) is 12.4. The van der Waals surface area contributed by atoms with E-state index in [0.29, 0.717) is 11.2 Å². The van der Waals surface area contributed by atoms with E-state index in [4.69, 9.17) is 0 Å². The van der Waals surface area contributed by atoms with E-state index in [1.807, 2.05) is 26.0 Å². The number of hydrogen-bond donors (Lipinski definition) is 1. The Hall–Kier alpha value is -2.83. The van der Waals surface area contributed by atoms with Crippen LogP contribution in [0.2, 0.25) is 0 Å². The topological polar surface area (TPSA) is 85.1 Å². The molecule has 0 saturated carbocycles. The molecule has 0 saturated heterocycles. The number of aryl methyl sites for hydroxylation is 1. The second-order valence-corrected chi connectivity index (χ2v) is 5.09. The predicted molar refractivity (Wildman–Crippen MR) is 80.3 cm³/mol. The summed E-state index contributed by atoms with van der Waals surface area (Å²) in [4.78, 5) is 16.8. The minimum atomic E-state index is -0.174. The summed E-state index contributed by atoms with van der Waals surface area (Å²) >= 11 is 0. The van der Waals surface area contributed by atoms with Crippen LogP contribution in [-0.2, 0) is 0 Å². The first-order valence-electron chi connectivity index (χ1n) is 7.08. The van der Waals surface area contributed by atoms with Gasteiger partial charge < -0.3 is 5.32 Å². The van der Waals surface area contributed by atoms with E-state index in [9.17, 15) is 4.79 Å². The van der Waals surface area contributed by atoms with Gasteiger partial charge in [-0.25, -0.2) is 0 Å². The molecule has 0 unspecified atom stereocenters. The van der Waals surface area contributed by atoms with Crippen LogP contribution in [0.5, 0.6) is 0 Å². The normalized spacial score (nSPS) is 12.3. The molecule has 0 bridgehead atoms. The molecule has 0 aliphatic rings. The summed E-state index contributed by atoms with van der Waals surface area (Å²) in [5.41, 5.74) is 3.09. The molecule has 0 spiro atoms. The third kappa shape index (κ3) is 2.78. The van der Waals surface area contributed by atoms with E-state index in [1.54, 1.807) is 24.5 Å². The lowest BCUT2D eigenvalue weighted by Crippen LogP contribution is -2.29. The van der Waals surface area contributed by atoms with Crippen molar-refractivity contribution in [2.45, 2.75) is 26.3 Å². The number of carbonyl (C=O) groups is 1. The summed E-state index contributed by atoms with van der Waals surface area (Å²) in [7, 11) is 0. The molecule has 1 atom stereocenters. The van der Waals surface area contributed by atoms with Crippen molar-refractivity contribution in [1.82, 2.24) is 30.3 Å². The Labute approximate surface area is 127 Å². The molecule has 0 aromatic carbocycles. The lowest BCUT2D eigenvalue weighted by Gasteiger charge is -2.17. The quantitative estimate of drug-likeness (QED) is 0.792. The average Bonchev–Trinajstić information content (AvgIpc) is 2.99. The minimum absolute atomic E-state index is 0.128. The number of nitrogens with one attached hydrogen (secondary N) is 1. The summed E-state index contributed by atoms with van der Waals surface area (Å²) in [6, 6.07) is 7.21. The van der Waals surface area contributed by atoms with E-state index >= 15 is 0 Å². The van der Waals surface area contributed by atoms with Crippen molar-refractivity contribution in [1.29, 1.82) is 0 Å². The van der Waals surface area contributed by atoms with Crippen LogP contribution in [-0.4, -0.2) is 30.9 Å². The molecule has 1 amide bonds. The second-order valence-electron chi connectivity index (χ2n) is 5.09. The van der Waals surface area contributed by atoms with Crippen molar-refractivity contribution in [2.24, 2.45) is 0 Å². The molecule has 0 aliphatic heterocycles. The van der Waals surface area contributed by atoms with Crippen molar-refractivity contribution in [3.63, 3.8) is 0 Å². The number of carbonyl (C=O) groups excluding carboxylic acids is 1. The van der Waals surface area contributed by atoms with Crippen LogP contribution in [0, 0.1) is 6.92 Å². The van der Waals surface area contributed by atoms with Crippen LogP contribution in [0.4, 0.5) is 0 Å². The second kappa shape index (κ2) is 5.88. The van der Waals surface area contributed by atoms with Crippen molar-refractivity contribution >= 4 is 11.6 Å². The Morgan fingerprint density at radius 1 is 1.36 bits per heavy atom. The highest BCUT2D eigenvalue weighted by molar-refractivity contribution is 5.94. The van der Waals surface area contributed by atoms with E-state index in [-0.39, 0.29) is 11.9 Å². The first-order valence-corrected chi connectivity index (χ1v) is 7.08. The zero-order chi connectivity index (χ0) is 15.5. The highest BCUT2D eigenvalue weighted by Crippen LogP contribution is 2.16. The molecule has 3 aromatic rings. The SMILES string of the molecule is CC[C@H](NC(=O)c1ccc2nnnn2c1)c1cc(C)ccn1. The summed E-state index contributed by atoms with van der Waals surface area (Å²) in [6.07, 6.45) is 4.13. The molecule has 0 radical (unpaired) electrons. The van der Waals surface area contributed by atoms with Crippen LogP contribution >= 0.6 is 0 Å². The van der Waals surface area contributed by atoms with Gasteiger partial charge in [0.2, 0.25) is 0 Å². The monoisotopic (exact) mass is 296 g/mol. The Morgan fingerprint density at radius 3 is 3.00 bits per heavy atom. The smallest absolute Gasteiger partial charge is 0.253 e. The summed E-state index contributed by atoms with van der Waals surface area (Å²) in [6.45, 7) is 4.02. The van der Waals surface area contributed by atoms with Crippen molar-refractivity contribution in [3.05, 3.63) is 53.5 Å². The standard InChI is InChI=1S/C15H16N6O/c1-3-12(13-8-10(2)6-7-16-13)17-15(22)11-4-5-14-18-19-20-21(14)9-11/h4-9,12H,3H2,1-2H3,(H,17,22)/t12-/m0/s1. The van der Waals surface area contributed by atoms with Gasteiger partial charge in [0.25, 0.3) is 5.91 Å². The minimum Gasteiger partial charge on any atom is -0.344 e. The highest BCUT2D eigenvalue weighted by atomic mass is 16.1. The van der Waals surface area contributed by atoms with Crippen LogP contribution in [0.25, 0.3) is 5.65 Å². The number of amides is 1. The maximum atomic E-state index is 12.4. The Balaban J connectivity index is 1.82. The molecule has 0 fully saturated rings. The number of pyridine rings is 2. The Kier molecular flexibility index (Phi) is 3.78. The summed E-state index contributed by atoms with van der Waals surface area (Å²) in [5.74, 6) is -0.174. The lowest BCUT2D eigenvalue weighted by atomic mass is 10.1. The largest absolute Gasteiger partial charge is 0.344 e. The molecule has 22 heavy (non-hydrogen) atoms. The third-order valence-electron chi connectivity index (χ3n) is 3.46. The van der Waals surface area contributed by atoms with E-state index in [1.165, 1.54) is 4.52 Å². The van der Waals surface area contributed by atoms with Crippen molar-refractivity contribution in [2.75, 3.05) is 0 Å². The van der Waals surface area contributed by atoms with Gasteiger partial charge in [-0.05, 0) is 53.6 Å². The molecular weight excluding hydrogens is 280 g/mol. The molecule has 7 nitrogen and oxygen atoms in total. The number of tetrazole rings is 1. The van der Waals surface area contributed by atoms with Gasteiger partial charge in [-0.3, -0.25) is 9.78 Å². The number of nitrogens with zero attached hydrogens (tertiary/aromatic N) is 5. The van der Waals surface area contributed by atoms with Crippen molar-refractivity contribution in [3.8, 4) is 0 Å². The van der Waals surface area contributed by atoms with Crippen LogP contribution < -0.4 is 5.32 Å². The maximum absolute atomic E-state index is 12.4. The molecule has 3 aromatic heterocycles. The first kappa shape index (κ1) is 14.1. The van der Waals surface area contributed by atoms with Gasteiger partial charge >= 0.3 is 0 Å².